The predicted molar refractivity (Wildman–Crippen MR) is 120 cm³/mol. The maximum absolute atomic E-state index is 13.0. The summed E-state index contributed by atoms with van der Waals surface area (Å²) in [5.74, 6) is 0.876. The third-order valence-corrected chi connectivity index (χ3v) is 7.15. The van der Waals surface area contributed by atoms with Crippen LogP contribution >= 0.6 is 11.8 Å². The Morgan fingerprint density at radius 2 is 2.17 bits per heavy atom. The summed E-state index contributed by atoms with van der Waals surface area (Å²) in [5, 5.41) is 14.9. The number of carbonyl (C=O) groups excluding carboxylic acids is 1. The van der Waals surface area contributed by atoms with E-state index < -0.39 is 4.75 Å². The zero-order valence-electron chi connectivity index (χ0n) is 17.1. The van der Waals surface area contributed by atoms with Crippen LogP contribution in [0.15, 0.2) is 30.3 Å². The minimum absolute atomic E-state index is 0.0416. The monoisotopic (exact) mass is 423 g/mol. The number of hydrogen-bond acceptors (Lipinski definition) is 6. The van der Waals surface area contributed by atoms with Gasteiger partial charge in [-0.1, -0.05) is 0 Å². The molecule has 2 aromatic heterocycles. The Morgan fingerprint density at radius 3 is 2.87 bits per heavy atom. The summed E-state index contributed by atoms with van der Waals surface area (Å²) in [4.78, 5) is 17.7. The van der Waals surface area contributed by atoms with E-state index in [1.165, 1.54) is 0 Å². The fourth-order valence-electron chi connectivity index (χ4n) is 3.83. The van der Waals surface area contributed by atoms with E-state index in [1.54, 1.807) is 11.8 Å². The van der Waals surface area contributed by atoms with E-state index in [0.717, 1.165) is 65.2 Å². The van der Waals surface area contributed by atoms with Crippen molar-refractivity contribution in [3.63, 3.8) is 0 Å². The molecule has 3 N–H and O–H groups in total. The molecule has 1 aliphatic carbocycles. The van der Waals surface area contributed by atoms with Crippen LogP contribution in [0.3, 0.4) is 0 Å². The van der Waals surface area contributed by atoms with Gasteiger partial charge in [-0.3, -0.25) is 9.89 Å². The lowest BCUT2D eigenvalue weighted by molar-refractivity contribution is -0.118. The summed E-state index contributed by atoms with van der Waals surface area (Å²) < 4.78 is 5.49. The fraction of sp³-hybridized carbons (Fsp3) is 0.409. The molecule has 3 aromatic rings. The standard InChI is InChI=1S/C22H25N5O2S/c1-13-19(29-15-4-5-15)8-7-18(24-13)20-16-11-14(3-6-17(16)26-27-20)25-21(28)22(30-2)9-10-23-12-22/h3,6-8,11,15,23H,4-5,9-10,12H2,1-2H3,(H,25,28)(H,26,27)/t22-/m0/s1. The van der Waals surface area contributed by atoms with E-state index in [4.69, 9.17) is 9.72 Å². The molecule has 0 bridgehead atoms. The van der Waals surface area contributed by atoms with Crippen molar-refractivity contribution in [3.05, 3.63) is 36.0 Å². The SMILES string of the molecule is CS[C@@]1(C(=O)Nc2ccc3[nH]nc(-c4ccc(OC5CC5)c(C)n4)c3c2)CCNC1. The van der Waals surface area contributed by atoms with Gasteiger partial charge in [0, 0.05) is 17.6 Å². The second kappa shape index (κ2) is 7.59. The number of aromatic nitrogens is 3. The maximum atomic E-state index is 13.0. The summed E-state index contributed by atoms with van der Waals surface area (Å²) >= 11 is 1.61. The molecule has 156 valence electrons. The van der Waals surface area contributed by atoms with E-state index in [1.807, 2.05) is 43.5 Å². The fourth-order valence-corrected chi connectivity index (χ4v) is 4.62. The number of H-pyrrole nitrogens is 1. The Labute approximate surface area is 179 Å². The van der Waals surface area contributed by atoms with E-state index in [0.29, 0.717) is 12.6 Å². The van der Waals surface area contributed by atoms with Crippen LogP contribution in [0.4, 0.5) is 5.69 Å². The molecule has 1 saturated carbocycles. The number of aromatic amines is 1. The van der Waals surface area contributed by atoms with Crippen LogP contribution in [-0.4, -0.2) is 51.3 Å². The quantitative estimate of drug-likeness (QED) is 0.562. The van der Waals surface area contributed by atoms with Crippen molar-refractivity contribution in [2.75, 3.05) is 24.7 Å². The van der Waals surface area contributed by atoms with Crippen molar-refractivity contribution in [1.82, 2.24) is 20.5 Å². The Bertz CT molecular complexity index is 1100. The van der Waals surface area contributed by atoms with Crippen molar-refractivity contribution >= 4 is 34.3 Å². The normalized spacial score (nSPS) is 21.1. The minimum Gasteiger partial charge on any atom is -0.489 e. The number of nitrogens with one attached hydrogen (secondary N) is 3. The van der Waals surface area contributed by atoms with Crippen molar-refractivity contribution in [2.45, 2.75) is 37.0 Å². The number of benzene rings is 1. The third-order valence-electron chi connectivity index (χ3n) is 5.84. The number of thioether (sulfide) groups is 1. The highest BCUT2D eigenvalue weighted by atomic mass is 32.2. The average molecular weight is 424 g/mol. The molecular formula is C22H25N5O2S. The van der Waals surface area contributed by atoms with Gasteiger partial charge in [0.15, 0.2) is 0 Å². The van der Waals surface area contributed by atoms with Gasteiger partial charge in [-0.2, -0.15) is 5.10 Å². The van der Waals surface area contributed by atoms with Gasteiger partial charge >= 0.3 is 0 Å². The Morgan fingerprint density at radius 1 is 1.30 bits per heavy atom. The molecular weight excluding hydrogens is 398 g/mol. The van der Waals surface area contributed by atoms with Crippen molar-refractivity contribution < 1.29 is 9.53 Å². The van der Waals surface area contributed by atoms with Crippen LogP contribution in [-0.2, 0) is 4.79 Å². The Kier molecular flexibility index (Phi) is 4.91. The number of fused-ring (bicyclic) bond motifs is 1. The van der Waals surface area contributed by atoms with Crippen molar-refractivity contribution in [3.8, 4) is 17.1 Å². The maximum Gasteiger partial charge on any atom is 0.241 e. The van der Waals surface area contributed by atoms with Crippen LogP contribution in [0.1, 0.15) is 25.0 Å². The second-order valence-corrected chi connectivity index (χ2v) is 9.20. The molecule has 2 aliphatic rings. The lowest BCUT2D eigenvalue weighted by atomic mass is 10.1. The minimum atomic E-state index is -0.412. The van der Waals surface area contributed by atoms with Gasteiger partial charge in [0.05, 0.1) is 23.0 Å². The molecule has 0 unspecified atom stereocenters. The highest BCUT2D eigenvalue weighted by Gasteiger charge is 2.40. The van der Waals surface area contributed by atoms with Crippen LogP contribution < -0.4 is 15.4 Å². The smallest absolute Gasteiger partial charge is 0.241 e. The first kappa shape index (κ1) is 19.4. The number of carbonyl (C=O) groups is 1. The Balaban J connectivity index is 1.43. The molecule has 0 spiro atoms. The zero-order valence-corrected chi connectivity index (χ0v) is 17.9. The molecule has 30 heavy (non-hydrogen) atoms. The topological polar surface area (TPSA) is 91.9 Å². The molecule has 1 aliphatic heterocycles. The number of hydrogen-bond donors (Lipinski definition) is 3. The van der Waals surface area contributed by atoms with Crippen LogP contribution in [0.5, 0.6) is 5.75 Å². The molecule has 7 nitrogen and oxygen atoms in total. The zero-order chi connectivity index (χ0) is 20.7. The molecule has 0 radical (unpaired) electrons. The van der Waals surface area contributed by atoms with Gasteiger partial charge in [-0.15, -0.1) is 11.8 Å². The number of aryl methyl sites for hydroxylation is 1. The summed E-state index contributed by atoms with van der Waals surface area (Å²) in [6, 6.07) is 9.73. The van der Waals surface area contributed by atoms with Crippen LogP contribution in [0, 0.1) is 6.92 Å². The summed E-state index contributed by atoms with van der Waals surface area (Å²) in [7, 11) is 0. The van der Waals surface area contributed by atoms with Gasteiger partial charge in [0.1, 0.15) is 16.2 Å². The number of rotatable bonds is 6. The van der Waals surface area contributed by atoms with E-state index in [9.17, 15) is 4.79 Å². The highest BCUT2D eigenvalue weighted by molar-refractivity contribution is 8.00. The molecule has 1 atom stereocenters. The summed E-state index contributed by atoms with van der Waals surface area (Å²) in [6.07, 6.45) is 5.40. The van der Waals surface area contributed by atoms with Crippen molar-refractivity contribution in [1.29, 1.82) is 0 Å². The average Bonchev–Trinajstić information content (AvgIpc) is 3.26. The van der Waals surface area contributed by atoms with E-state index in [-0.39, 0.29) is 5.91 Å². The predicted octanol–water partition coefficient (Wildman–Crippen LogP) is 3.51. The molecule has 2 fully saturated rings. The largest absolute Gasteiger partial charge is 0.489 e. The number of amides is 1. The van der Waals surface area contributed by atoms with Crippen LogP contribution in [0.2, 0.25) is 0 Å². The molecule has 8 heteroatoms. The lowest BCUT2D eigenvalue weighted by Gasteiger charge is -2.24. The van der Waals surface area contributed by atoms with Gasteiger partial charge < -0.3 is 15.4 Å². The van der Waals surface area contributed by atoms with E-state index >= 15 is 0 Å². The molecule has 1 saturated heterocycles. The van der Waals surface area contributed by atoms with Gasteiger partial charge in [0.2, 0.25) is 5.91 Å². The summed E-state index contributed by atoms with van der Waals surface area (Å²) in [5.41, 5.74) is 4.08. The number of anilines is 1. The van der Waals surface area contributed by atoms with E-state index in [2.05, 4.69) is 20.8 Å². The Hall–Kier alpha value is -2.58. The first-order chi connectivity index (χ1) is 14.6. The molecule has 3 heterocycles. The molecule has 5 rings (SSSR count). The van der Waals surface area contributed by atoms with Gasteiger partial charge in [-0.25, -0.2) is 4.98 Å². The number of ether oxygens (including phenoxy) is 1. The van der Waals surface area contributed by atoms with Gasteiger partial charge in [0.25, 0.3) is 0 Å². The lowest BCUT2D eigenvalue weighted by Crippen LogP contribution is -2.41. The third kappa shape index (κ3) is 3.54. The highest BCUT2D eigenvalue weighted by Crippen LogP contribution is 2.34. The first-order valence-electron chi connectivity index (χ1n) is 10.3. The van der Waals surface area contributed by atoms with Crippen molar-refractivity contribution in [2.24, 2.45) is 0 Å². The number of nitrogens with zero attached hydrogens (tertiary/aromatic N) is 2. The van der Waals surface area contributed by atoms with Crippen LogP contribution in [0.25, 0.3) is 22.3 Å². The summed E-state index contributed by atoms with van der Waals surface area (Å²) in [6.45, 7) is 3.52. The second-order valence-electron chi connectivity index (χ2n) is 8.01. The first-order valence-corrected chi connectivity index (χ1v) is 11.5. The molecule has 1 aromatic carbocycles. The molecule has 1 amide bonds. The van der Waals surface area contributed by atoms with Gasteiger partial charge in [-0.05, 0) is 69.3 Å². The number of pyridine rings is 1.